The summed E-state index contributed by atoms with van der Waals surface area (Å²) in [5, 5.41) is 6.31. The van der Waals surface area contributed by atoms with Gasteiger partial charge in [-0.2, -0.15) is 0 Å². The van der Waals surface area contributed by atoms with Gasteiger partial charge >= 0.3 is 5.97 Å². The van der Waals surface area contributed by atoms with Crippen molar-refractivity contribution in [2.24, 2.45) is 23.2 Å². The third-order valence-electron chi connectivity index (χ3n) is 8.32. The maximum Gasteiger partial charge on any atom is 0.336 e. The summed E-state index contributed by atoms with van der Waals surface area (Å²) >= 11 is 3.09. The molecule has 3 heterocycles. The summed E-state index contributed by atoms with van der Waals surface area (Å²) in [4.78, 5) is 28.8. The number of nitrogens with one attached hydrogen (secondary N) is 1. The van der Waals surface area contributed by atoms with Crippen LogP contribution < -0.4 is 11.1 Å². The number of fused-ring (bicyclic) bond motifs is 1. The summed E-state index contributed by atoms with van der Waals surface area (Å²) in [7, 11) is 0. The maximum absolute atomic E-state index is 14.1. The first-order chi connectivity index (χ1) is 15.9. The van der Waals surface area contributed by atoms with E-state index in [0.717, 1.165) is 40.4 Å². The SMILES string of the molecule is CCOC(=O)C1=C(C)Nc2sc(C(=O)C34CC5CC(CC(C5)C3)C4)c(N)c2[C@@H]1c1cccs1. The van der Waals surface area contributed by atoms with Gasteiger partial charge in [0.05, 0.1) is 33.7 Å². The summed E-state index contributed by atoms with van der Waals surface area (Å²) in [5.74, 6) is 1.72. The molecule has 0 unspecified atom stereocenters. The molecule has 2 aromatic heterocycles. The number of nitrogens with two attached hydrogens (primary N) is 1. The smallest absolute Gasteiger partial charge is 0.336 e. The number of rotatable bonds is 5. The number of Topliss-reactive ketones (excluding diaryl/α,β-unsaturated/α-hetero) is 1. The number of carbonyl (C=O) groups excluding carboxylic acids is 2. The van der Waals surface area contributed by atoms with Crippen LogP contribution in [-0.4, -0.2) is 18.4 Å². The van der Waals surface area contributed by atoms with E-state index >= 15 is 0 Å². The molecule has 1 atom stereocenters. The molecule has 33 heavy (non-hydrogen) atoms. The monoisotopic (exact) mass is 482 g/mol. The molecule has 4 fully saturated rings. The van der Waals surface area contributed by atoms with E-state index in [-0.39, 0.29) is 23.1 Å². The van der Waals surface area contributed by atoms with E-state index in [1.807, 2.05) is 31.4 Å². The number of allylic oxidation sites excluding steroid dienone is 1. The number of thiophene rings is 2. The van der Waals surface area contributed by atoms with Gasteiger partial charge in [-0.05, 0) is 81.6 Å². The van der Waals surface area contributed by atoms with Crippen LogP contribution in [0.5, 0.6) is 0 Å². The second-order valence-electron chi connectivity index (χ2n) is 10.4. The Morgan fingerprint density at radius 2 is 1.85 bits per heavy atom. The molecule has 0 spiro atoms. The van der Waals surface area contributed by atoms with Gasteiger partial charge in [-0.15, -0.1) is 22.7 Å². The lowest BCUT2D eigenvalue weighted by Gasteiger charge is -2.55. The van der Waals surface area contributed by atoms with Crippen molar-refractivity contribution in [1.82, 2.24) is 0 Å². The predicted molar refractivity (Wildman–Crippen MR) is 133 cm³/mol. The molecule has 0 amide bonds. The number of ether oxygens (including phenoxy) is 1. The molecule has 5 nitrogen and oxygen atoms in total. The Morgan fingerprint density at radius 3 is 2.42 bits per heavy atom. The van der Waals surface area contributed by atoms with Gasteiger partial charge in [0, 0.05) is 21.6 Å². The molecule has 3 N–H and O–H groups in total. The number of carbonyl (C=O) groups is 2. The van der Waals surface area contributed by atoms with E-state index < -0.39 is 0 Å². The van der Waals surface area contributed by atoms with Gasteiger partial charge < -0.3 is 15.8 Å². The summed E-state index contributed by atoms with van der Waals surface area (Å²) in [6.07, 6.45) is 6.97. The zero-order valence-corrected chi connectivity index (χ0v) is 20.7. The molecule has 0 radical (unpaired) electrons. The van der Waals surface area contributed by atoms with Crippen molar-refractivity contribution in [3.05, 3.63) is 44.1 Å². The first kappa shape index (κ1) is 21.4. The molecule has 174 valence electrons. The number of anilines is 2. The lowest BCUT2D eigenvalue weighted by Crippen LogP contribution is -2.50. The van der Waals surface area contributed by atoms with Crippen LogP contribution in [0.1, 0.15) is 78.4 Å². The van der Waals surface area contributed by atoms with Gasteiger partial charge in [-0.3, -0.25) is 4.79 Å². The molecule has 1 aliphatic heterocycles. The van der Waals surface area contributed by atoms with Crippen LogP contribution in [0.3, 0.4) is 0 Å². The Balaban J connectivity index is 1.43. The second kappa shape index (κ2) is 7.70. The molecule has 4 bridgehead atoms. The zero-order valence-electron chi connectivity index (χ0n) is 19.1. The Labute approximate surface area is 202 Å². The molecule has 0 saturated heterocycles. The topological polar surface area (TPSA) is 81.4 Å². The van der Waals surface area contributed by atoms with Gasteiger partial charge in [0.15, 0.2) is 5.78 Å². The van der Waals surface area contributed by atoms with Gasteiger partial charge in [0.25, 0.3) is 0 Å². The van der Waals surface area contributed by atoms with Crippen molar-refractivity contribution in [1.29, 1.82) is 0 Å². The van der Waals surface area contributed by atoms with Crippen LogP contribution in [0, 0.1) is 23.2 Å². The van der Waals surface area contributed by atoms with Crippen LogP contribution in [0.2, 0.25) is 0 Å². The average Bonchev–Trinajstić information content (AvgIpc) is 3.40. The number of esters is 1. The summed E-state index contributed by atoms with van der Waals surface area (Å²) < 4.78 is 5.42. The van der Waals surface area contributed by atoms with E-state index in [0.29, 0.717) is 40.5 Å². The Morgan fingerprint density at radius 1 is 1.18 bits per heavy atom. The molecule has 4 aliphatic carbocycles. The van der Waals surface area contributed by atoms with E-state index in [2.05, 4.69) is 5.32 Å². The van der Waals surface area contributed by atoms with Crippen LogP contribution in [0.25, 0.3) is 0 Å². The lowest BCUT2D eigenvalue weighted by molar-refractivity contribution is -0.138. The van der Waals surface area contributed by atoms with Crippen LogP contribution in [0.4, 0.5) is 10.7 Å². The van der Waals surface area contributed by atoms with Crippen molar-refractivity contribution >= 4 is 45.1 Å². The quantitative estimate of drug-likeness (QED) is 0.392. The molecule has 5 aliphatic rings. The first-order valence-electron chi connectivity index (χ1n) is 12.1. The summed E-state index contributed by atoms with van der Waals surface area (Å²) in [6.45, 7) is 4.04. The Kier molecular flexibility index (Phi) is 5.00. The number of ketones is 1. The fraction of sp³-hybridized carbons (Fsp3) is 0.538. The summed E-state index contributed by atoms with van der Waals surface area (Å²) in [6, 6.07) is 4.03. The third kappa shape index (κ3) is 3.22. The minimum atomic E-state index is -0.328. The Bertz CT molecular complexity index is 1130. The van der Waals surface area contributed by atoms with E-state index in [1.54, 1.807) is 11.3 Å². The van der Waals surface area contributed by atoms with Crippen molar-refractivity contribution in [2.45, 2.75) is 58.3 Å². The third-order valence-corrected chi connectivity index (χ3v) is 10.4. The lowest BCUT2D eigenvalue weighted by atomic mass is 9.48. The number of nitrogen functional groups attached to an aromatic ring is 1. The normalized spacial score (nSPS) is 31.9. The van der Waals surface area contributed by atoms with Gasteiger partial charge in [0.2, 0.25) is 0 Å². The predicted octanol–water partition coefficient (Wildman–Crippen LogP) is 6.19. The molecule has 7 heteroatoms. The zero-order chi connectivity index (χ0) is 22.9. The highest BCUT2D eigenvalue weighted by molar-refractivity contribution is 7.19. The highest BCUT2D eigenvalue weighted by Crippen LogP contribution is 2.62. The first-order valence-corrected chi connectivity index (χ1v) is 13.7. The van der Waals surface area contributed by atoms with Crippen LogP contribution in [0.15, 0.2) is 28.8 Å². The van der Waals surface area contributed by atoms with Crippen molar-refractivity contribution in [3.8, 4) is 0 Å². The van der Waals surface area contributed by atoms with E-state index in [9.17, 15) is 9.59 Å². The fourth-order valence-electron chi connectivity index (χ4n) is 7.45. The van der Waals surface area contributed by atoms with Crippen LogP contribution >= 0.6 is 22.7 Å². The minimum absolute atomic E-state index is 0.235. The second-order valence-corrected chi connectivity index (χ2v) is 12.4. The minimum Gasteiger partial charge on any atom is -0.463 e. The van der Waals surface area contributed by atoms with Crippen molar-refractivity contribution in [2.75, 3.05) is 17.7 Å². The van der Waals surface area contributed by atoms with E-state index in [1.165, 1.54) is 30.6 Å². The molecule has 7 rings (SSSR count). The average molecular weight is 483 g/mol. The van der Waals surface area contributed by atoms with Crippen LogP contribution in [-0.2, 0) is 9.53 Å². The highest BCUT2D eigenvalue weighted by Gasteiger charge is 2.55. The molecule has 2 aromatic rings. The van der Waals surface area contributed by atoms with E-state index in [4.69, 9.17) is 10.5 Å². The molecular weight excluding hydrogens is 452 g/mol. The fourth-order valence-corrected chi connectivity index (χ4v) is 9.57. The van der Waals surface area contributed by atoms with Gasteiger partial charge in [0.1, 0.15) is 0 Å². The number of hydrogen-bond donors (Lipinski definition) is 2. The molecular formula is C26H30N2O3S2. The summed E-state index contributed by atoms with van der Waals surface area (Å²) in [5.41, 5.74) is 9.34. The molecule has 4 saturated carbocycles. The highest BCUT2D eigenvalue weighted by atomic mass is 32.1. The van der Waals surface area contributed by atoms with Gasteiger partial charge in [-0.1, -0.05) is 6.07 Å². The van der Waals surface area contributed by atoms with Crippen molar-refractivity contribution < 1.29 is 14.3 Å². The largest absolute Gasteiger partial charge is 0.463 e. The Hall–Kier alpha value is -2.12. The van der Waals surface area contributed by atoms with Gasteiger partial charge in [-0.25, -0.2) is 4.79 Å². The number of hydrogen-bond acceptors (Lipinski definition) is 7. The maximum atomic E-state index is 14.1. The van der Waals surface area contributed by atoms with Crippen molar-refractivity contribution in [3.63, 3.8) is 0 Å². The molecule has 0 aromatic carbocycles. The standard InChI is InChI=1S/C26H30N2O3S2/c1-3-31-25(30)18-13(2)28-24-20(19(18)17-5-4-6-32-17)21(27)22(33-24)23(29)26-10-14-7-15(11-26)9-16(8-14)12-26/h4-6,14-16,19,28H,3,7-12,27H2,1-2H3/t14?,15?,16?,19-,26?/m1/s1.